The van der Waals surface area contributed by atoms with E-state index in [0.717, 1.165) is 18.4 Å². The quantitative estimate of drug-likeness (QED) is 0.781. The molecule has 2 rings (SSSR count). The maximum Gasteiger partial charge on any atom is 0.240 e. The summed E-state index contributed by atoms with van der Waals surface area (Å²) in [5.41, 5.74) is 6.57. The van der Waals surface area contributed by atoms with Crippen molar-refractivity contribution in [2.24, 2.45) is 5.73 Å². The fourth-order valence-electron chi connectivity index (χ4n) is 1.99. The van der Waals surface area contributed by atoms with Gasteiger partial charge in [-0.3, -0.25) is 0 Å². The zero-order valence-electron chi connectivity index (χ0n) is 11.8. The maximum atomic E-state index is 12.2. The van der Waals surface area contributed by atoms with Gasteiger partial charge in [-0.2, -0.15) is 0 Å². The van der Waals surface area contributed by atoms with Gasteiger partial charge in [0.25, 0.3) is 0 Å². The van der Waals surface area contributed by atoms with Crippen molar-refractivity contribution in [2.45, 2.75) is 24.2 Å². The molecule has 114 valence electrons. The van der Waals surface area contributed by atoms with Gasteiger partial charge in [0.2, 0.25) is 10.0 Å². The Hall–Kier alpha value is -1.21. The molecular formula is C15H20N2O2S2. The van der Waals surface area contributed by atoms with E-state index in [1.54, 1.807) is 23.5 Å². The van der Waals surface area contributed by atoms with Crippen LogP contribution in [0, 0.1) is 0 Å². The van der Waals surface area contributed by atoms with Crippen molar-refractivity contribution in [3.63, 3.8) is 0 Å². The first-order chi connectivity index (χ1) is 10.1. The first-order valence-electron chi connectivity index (χ1n) is 6.93. The highest BCUT2D eigenvalue weighted by molar-refractivity contribution is 7.89. The van der Waals surface area contributed by atoms with Crippen LogP contribution in [0.2, 0.25) is 0 Å². The minimum absolute atomic E-state index is 0.310. The van der Waals surface area contributed by atoms with Gasteiger partial charge in [-0.25, -0.2) is 13.1 Å². The monoisotopic (exact) mass is 324 g/mol. The summed E-state index contributed by atoms with van der Waals surface area (Å²) in [4.78, 5) is 1.49. The molecule has 0 aliphatic rings. The van der Waals surface area contributed by atoms with Crippen molar-refractivity contribution < 1.29 is 8.42 Å². The van der Waals surface area contributed by atoms with Crippen LogP contribution in [0.4, 0.5) is 0 Å². The lowest BCUT2D eigenvalue weighted by Gasteiger charge is -2.07. The molecule has 6 heteroatoms. The summed E-state index contributed by atoms with van der Waals surface area (Å²) in [6.45, 7) is 1.06. The topological polar surface area (TPSA) is 72.2 Å². The minimum atomic E-state index is -3.42. The molecule has 0 aliphatic heterocycles. The number of nitrogens with two attached hydrogens (primary N) is 1. The third-order valence-corrected chi connectivity index (χ3v) is 5.56. The number of nitrogens with one attached hydrogen (secondary N) is 1. The molecule has 3 N–H and O–H groups in total. The van der Waals surface area contributed by atoms with E-state index >= 15 is 0 Å². The van der Waals surface area contributed by atoms with Crippen molar-refractivity contribution >= 4 is 21.4 Å². The highest BCUT2D eigenvalue weighted by Gasteiger charge is 2.13. The Labute approximate surface area is 130 Å². The maximum absolute atomic E-state index is 12.2. The molecule has 0 spiro atoms. The third-order valence-electron chi connectivity index (χ3n) is 3.15. The van der Waals surface area contributed by atoms with Gasteiger partial charge in [0.15, 0.2) is 0 Å². The van der Waals surface area contributed by atoms with E-state index in [9.17, 15) is 8.42 Å². The number of thiophene rings is 1. The van der Waals surface area contributed by atoms with Crippen LogP contribution < -0.4 is 10.5 Å². The fourth-order valence-corrected chi connectivity index (χ4v) is 3.73. The van der Waals surface area contributed by atoms with Crippen LogP contribution in [0.25, 0.3) is 0 Å². The average Bonchev–Trinajstić information content (AvgIpc) is 2.98. The molecule has 2 aromatic rings. The van der Waals surface area contributed by atoms with Crippen LogP contribution in [-0.2, 0) is 22.9 Å². The van der Waals surface area contributed by atoms with E-state index in [1.807, 2.05) is 29.6 Å². The molecule has 0 fully saturated rings. The molecular weight excluding hydrogens is 304 g/mol. The van der Waals surface area contributed by atoms with Gasteiger partial charge >= 0.3 is 0 Å². The molecule has 0 bridgehead atoms. The van der Waals surface area contributed by atoms with Crippen LogP contribution >= 0.6 is 11.3 Å². The largest absolute Gasteiger partial charge is 0.330 e. The van der Waals surface area contributed by atoms with Crippen LogP contribution in [-0.4, -0.2) is 21.5 Å². The van der Waals surface area contributed by atoms with Crippen molar-refractivity contribution in [1.82, 2.24) is 4.72 Å². The Morgan fingerprint density at radius 1 is 1.10 bits per heavy atom. The summed E-state index contributed by atoms with van der Waals surface area (Å²) in [5, 5.41) is 1.99. The molecule has 21 heavy (non-hydrogen) atoms. The van der Waals surface area contributed by atoms with Crippen molar-refractivity contribution in [2.75, 3.05) is 13.1 Å². The van der Waals surface area contributed by atoms with Crippen molar-refractivity contribution in [3.05, 3.63) is 52.2 Å². The molecule has 0 unspecified atom stereocenters. The number of benzene rings is 1. The number of rotatable bonds is 8. The lowest BCUT2D eigenvalue weighted by atomic mass is 10.1. The first-order valence-corrected chi connectivity index (χ1v) is 9.29. The van der Waals surface area contributed by atoms with Crippen LogP contribution in [0.3, 0.4) is 0 Å². The van der Waals surface area contributed by atoms with E-state index in [-0.39, 0.29) is 0 Å². The van der Waals surface area contributed by atoms with Crippen LogP contribution in [0.15, 0.2) is 46.7 Å². The Balaban J connectivity index is 1.92. The van der Waals surface area contributed by atoms with Gasteiger partial charge in [0.05, 0.1) is 4.90 Å². The summed E-state index contributed by atoms with van der Waals surface area (Å²) in [7, 11) is -3.42. The summed E-state index contributed by atoms with van der Waals surface area (Å²) in [6.07, 6.45) is 2.50. The second-order valence-corrected chi connectivity index (χ2v) is 7.56. The smallest absolute Gasteiger partial charge is 0.240 e. The zero-order chi connectivity index (χ0) is 15.1. The molecule has 0 amide bonds. The van der Waals surface area contributed by atoms with Gasteiger partial charge < -0.3 is 5.73 Å². The second-order valence-electron chi connectivity index (χ2n) is 4.76. The zero-order valence-corrected chi connectivity index (χ0v) is 13.4. The first kappa shape index (κ1) is 16.2. The fraction of sp³-hybridized carbons (Fsp3) is 0.333. The highest BCUT2D eigenvalue weighted by atomic mass is 32.2. The molecule has 4 nitrogen and oxygen atoms in total. The standard InChI is InChI=1S/C15H20N2O2S2/c16-10-1-3-13-5-7-15(8-6-13)21(18,19)17-11-9-14-4-2-12-20-14/h2,4-8,12,17H,1,3,9-11,16H2. The van der Waals surface area contributed by atoms with E-state index in [0.29, 0.717) is 24.4 Å². The Morgan fingerprint density at radius 3 is 2.48 bits per heavy atom. The van der Waals surface area contributed by atoms with Gasteiger partial charge in [-0.05, 0) is 54.9 Å². The normalized spacial score (nSPS) is 11.7. The van der Waals surface area contributed by atoms with Gasteiger partial charge in [-0.15, -0.1) is 11.3 Å². The lowest BCUT2D eigenvalue weighted by Crippen LogP contribution is -2.25. The summed E-state index contributed by atoms with van der Waals surface area (Å²) in [6, 6.07) is 11.0. The predicted molar refractivity (Wildman–Crippen MR) is 87.0 cm³/mol. The van der Waals surface area contributed by atoms with Gasteiger partial charge in [-0.1, -0.05) is 18.2 Å². The van der Waals surface area contributed by atoms with Crippen molar-refractivity contribution in [1.29, 1.82) is 0 Å². The van der Waals surface area contributed by atoms with E-state index < -0.39 is 10.0 Å². The third kappa shape index (κ3) is 4.93. The summed E-state index contributed by atoms with van der Waals surface area (Å²) >= 11 is 1.63. The Bertz CT molecular complexity index is 635. The molecule has 1 aromatic carbocycles. The lowest BCUT2D eigenvalue weighted by molar-refractivity contribution is 0.582. The summed E-state index contributed by atoms with van der Waals surface area (Å²) < 4.78 is 27.0. The number of aryl methyl sites for hydroxylation is 1. The Kier molecular flexibility index (Phi) is 5.93. The molecule has 0 radical (unpaired) electrons. The average molecular weight is 324 g/mol. The second kappa shape index (κ2) is 7.70. The van der Waals surface area contributed by atoms with Crippen molar-refractivity contribution in [3.8, 4) is 0 Å². The molecule has 0 saturated heterocycles. The van der Waals surface area contributed by atoms with Gasteiger partial charge in [0, 0.05) is 11.4 Å². The summed E-state index contributed by atoms with van der Waals surface area (Å²) in [5.74, 6) is 0. The van der Waals surface area contributed by atoms with Crippen LogP contribution in [0.5, 0.6) is 0 Å². The molecule has 0 atom stereocenters. The number of sulfonamides is 1. The SMILES string of the molecule is NCCCc1ccc(S(=O)(=O)NCCc2cccs2)cc1. The highest BCUT2D eigenvalue weighted by Crippen LogP contribution is 2.13. The van der Waals surface area contributed by atoms with E-state index in [2.05, 4.69) is 4.72 Å². The molecule has 0 saturated carbocycles. The molecule has 1 heterocycles. The van der Waals surface area contributed by atoms with E-state index in [1.165, 1.54) is 4.88 Å². The minimum Gasteiger partial charge on any atom is -0.330 e. The number of hydrogen-bond donors (Lipinski definition) is 2. The Morgan fingerprint density at radius 2 is 1.86 bits per heavy atom. The van der Waals surface area contributed by atoms with E-state index in [4.69, 9.17) is 5.73 Å². The van der Waals surface area contributed by atoms with Crippen LogP contribution in [0.1, 0.15) is 16.9 Å². The predicted octanol–water partition coefficient (Wildman–Crippen LogP) is 2.16. The molecule has 1 aromatic heterocycles. The molecule has 0 aliphatic carbocycles. The number of hydrogen-bond acceptors (Lipinski definition) is 4. The van der Waals surface area contributed by atoms with Gasteiger partial charge in [0.1, 0.15) is 0 Å².